The van der Waals surface area contributed by atoms with Crippen molar-refractivity contribution in [3.05, 3.63) is 28.0 Å². The molecule has 0 spiro atoms. The molecule has 0 fully saturated rings. The number of nitrogens with zero attached hydrogens (tertiary/aromatic N) is 4. The van der Waals surface area contributed by atoms with Crippen molar-refractivity contribution in [1.29, 1.82) is 0 Å². The van der Waals surface area contributed by atoms with Crippen LogP contribution >= 0.6 is 11.3 Å². The molecule has 11 heteroatoms. The van der Waals surface area contributed by atoms with E-state index < -0.39 is 5.91 Å². The molecule has 0 saturated heterocycles. The fourth-order valence-corrected chi connectivity index (χ4v) is 4.74. The van der Waals surface area contributed by atoms with Crippen molar-refractivity contribution < 1.29 is 19.0 Å². The highest BCUT2D eigenvalue weighted by Crippen LogP contribution is 2.45. The van der Waals surface area contributed by atoms with Gasteiger partial charge in [-0.2, -0.15) is 5.10 Å². The van der Waals surface area contributed by atoms with Crippen LogP contribution in [-0.4, -0.2) is 46.6 Å². The first-order chi connectivity index (χ1) is 15.3. The Morgan fingerprint density at radius 3 is 2.31 bits per heavy atom. The molecule has 3 heterocycles. The van der Waals surface area contributed by atoms with Crippen LogP contribution in [0.2, 0.25) is 0 Å². The number of hydrogen-bond donors (Lipinski definition) is 1. The SMILES string of the molecule is COc1cc(-c2c3cnn(C(C)C)c3nc3c2sc(=O)n3CC(N)=O)cc(OC)c1OC. The molecule has 3 aromatic heterocycles. The Labute approximate surface area is 187 Å². The summed E-state index contributed by atoms with van der Waals surface area (Å²) in [6, 6.07) is 3.65. The Morgan fingerprint density at radius 1 is 1.12 bits per heavy atom. The van der Waals surface area contributed by atoms with Crippen LogP contribution in [0.4, 0.5) is 0 Å². The number of primary amides is 1. The number of methoxy groups -OCH3 is 3. The summed E-state index contributed by atoms with van der Waals surface area (Å²) in [6.07, 6.45) is 1.73. The van der Waals surface area contributed by atoms with E-state index in [9.17, 15) is 9.59 Å². The number of hydrogen-bond acceptors (Lipinski definition) is 8. The summed E-state index contributed by atoms with van der Waals surface area (Å²) >= 11 is 0.999. The number of carbonyl (C=O) groups excluding carboxylic acids is 1. The lowest BCUT2D eigenvalue weighted by Crippen LogP contribution is -2.24. The van der Waals surface area contributed by atoms with Crippen molar-refractivity contribution in [2.75, 3.05) is 21.3 Å². The fraction of sp³-hybridized carbons (Fsp3) is 0.333. The van der Waals surface area contributed by atoms with E-state index in [1.807, 2.05) is 26.0 Å². The van der Waals surface area contributed by atoms with Gasteiger partial charge in [0.15, 0.2) is 22.8 Å². The van der Waals surface area contributed by atoms with Crippen LogP contribution in [-0.2, 0) is 11.3 Å². The van der Waals surface area contributed by atoms with Crippen molar-refractivity contribution in [2.24, 2.45) is 5.73 Å². The van der Waals surface area contributed by atoms with Crippen molar-refractivity contribution in [2.45, 2.75) is 26.4 Å². The maximum Gasteiger partial charge on any atom is 0.309 e. The number of thiazole rings is 1. The van der Waals surface area contributed by atoms with Crippen LogP contribution in [0.3, 0.4) is 0 Å². The molecule has 0 aliphatic carbocycles. The van der Waals surface area contributed by atoms with Gasteiger partial charge in [0.25, 0.3) is 0 Å². The second-order valence-corrected chi connectivity index (χ2v) is 8.36. The molecule has 0 saturated carbocycles. The number of amides is 1. The van der Waals surface area contributed by atoms with Gasteiger partial charge >= 0.3 is 4.87 Å². The zero-order valence-corrected chi connectivity index (χ0v) is 19.1. The number of ether oxygens (including phenoxy) is 3. The number of nitrogens with two attached hydrogens (primary N) is 1. The number of benzene rings is 1. The molecule has 1 amide bonds. The highest BCUT2D eigenvalue weighted by molar-refractivity contribution is 7.17. The molecule has 4 aromatic rings. The van der Waals surface area contributed by atoms with Crippen LogP contribution in [0.25, 0.3) is 32.5 Å². The van der Waals surface area contributed by atoms with E-state index in [-0.39, 0.29) is 17.5 Å². The molecular weight excluding hydrogens is 434 g/mol. The molecule has 1 aromatic carbocycles. The molecule has 0 aliphatic rings. The monoisotopic (exact) mass is 457 g/mol. The van der Waals surface area contributed by atoms with E-state index >= 15 is 0 Å². The van der Waals surface area contributed by atoms with Crippen LogP contribution in [0, 0.1) is 0 Å². The van der Waals surface area contributed by atoms with E-state index in [1.165, 1.54) is 25.9 Å². The highest BCUT2D eigenvalue weighted by atomic mass is 32.1. The Bertz CT molecular complexity index is 1380. The summed E-state index contributed by atoms with van der Waals surface area (Å²) in [6.45, 7) is 3.71. The molecule has 0 atom stereocenters. The average molecular weight is 458 g/mol. The van der Waals surface area contributed by atoms with E-state index in [2.05, 4.69) is 5.10 Å². The topological polar surface area (TPSA) is 123 Å². The van der Waals surface area contributed by atoms with Crippen molar-refractivity contribution in [3.8, 4) is 28.4 Å². The molecule has 168 valence electrons. The Balaban J connectivity index is 2.16. The summed E-state index contributed by atoms with van der Waals surface area (Å²) < 4.78 is 20.2. The number of fused-ring (bicyclic) bond motifs is 2. The Morgan fingerprint density at radius 2 is 1.78 bits per heavy atom. The molecule has 0 bridgehead atoms. The van der Waals surface area contributed by atoms with E-state index in [0.717, 1.165) is 27.8 Å². The Kier molecular flexibility index (Phi) is 5.51. The smallest absolute Gasteiger partial charge is 0.309 e. The quantitative estimate of drug-likeness (QED) is 0.452. The van der Waals surface area contributed by atoms with Gasteiger partial charge in [0.1, 0.15) is 6.54 Å². The number of pyridine rings is 1. The van der Waals surface area contributed by atoms with Gasteiger partial charge in [0.05, 0.1) is 32.2 Å². The largest absolute Gasteiger partial charge is 0.493 e. The minimum Gasteiger partial charge on any atom is -0.493 e. The van der Waals surface area contributed by atoms with Crippen LogP contribution in [0.1, 0.15) is 19.9 Å². The van der Waals surface area contributed by atoms with Crippen molar-refractivity contribution >= 4 is 38.6 Å². The zero-order valence-electron chi connectivity index (χ0n) is 18.3. The minimum atomic E-state index is -0.625. The lowest BCUT2D eigenvalue weighted by Gasteiger charge is -2.15. The number of aromatic nitrogens is 4. The van der Waals surface area contributed by atoms with E-state index in [0.29, 0.717) is 33.2 Å². The lowest BCUT2D eigenvalue weighted by molar-refractivity contribution is -0.118. The van der Waals surface area contributed by atoms with Gasteiger partial charge in [-0.05, 0) is 31.5 Å². The Hall–Kier alpha value is -3.60. The molecule has 0 unspecified atom stereocenters. The van der Waals surface area contributed by atoms with E-state index in [4.69, 9.17) is 24.9 Å². The molecule has 10 nitrogen and oxygen atoms in total. The summed E-state index contributed by atoms with van der Waals surface area (Å²) in [5.74, 6) is 0.776. The summed E-state index contributed by atoms with van der Waals surface area (Å²) in [4.78, 5) is 28.8. The van der Waals surface area contributed by atoms with Gasteiger partial charge in [-0.25, -0.2) is 9.67 Å². The fourth-order valence-electron chi connectivity index (χ4n) is 3.72. The standard InChI is InChI=1S/C21H23N5O5S/c1-10(2)26-19-12(8-23-26)16(11-6-13(29-3)17(31-5)14(7-11)30-4)18-20(24-19)25(9-15(22)27)21(28)32-18/h6-8,10H,9H2,1-5H3,(H2,22,27). The van der Waals surface area contributed by atoms with Crippen LogP contribution in [0.5, 0.6) is 17.2 Å². The molecule has 32 heavy (non-hydrogen) atoms. The van der Waals surface area contributed by atoms with E-state index in [1.54, 1.807) is 10.9 Å². The maximum absolute atomic E-state index is 12.8. The second kappa shape index (κ2) is 8.15. The van der Waals surface area contributed by atoms with Crippen LogP contribution in [0.15, 0.2) is 23.1 Å². The first-order valence-electron chi connectivity index (χ1n) is 9.79. The predicted octanol–water partition coefficient (Wildman–Crippen LogP) is 2.57. The summed E-state index contributed by atoms with van der Waals surface area (Å²) in [5.41, 5.74) is 7.81. The van der Waals surface area contributed by atoms with Gasteiger partial charge in [0, 0.05) is 17.0 Å². The minimum absolute atomic E-state index is 0.0280. The third-order valence-corrected chi connectivity index (χ3v) is 6.09. The van der Waals surface area contributed by atoms with Gasteiger partial charge in [-0.3, -0.25) is 14.2 Å². The maximum atomic E-state index is 12.8. The first kappa shape index (κ1) is 21.6. The van der Waals surface area contributed by atoms with Gasteiger partial charge in [-0.15, -0.1) is 0 Å². The normalized spacial score (nSPS) is 11.4. The third kappa shape index (κ3) is 3.34. The van der Waals surface area contributed by atoms with Crippen molar-refractivity contribution in [3.63, 3.8) is 0 Å². The first-order valence-corrected chi connectivity index (χ1v) is 10.6. The van der Waals surface area contributed by atoms with Gasteiger partial charge < -0.3 is 19.9 Å². The highest BCUT2D eigenvalue weighted by Gasteiger charge is 2.24. The zero-order chi connectivity index (χ0) is 23.2. The van der Waals surface area contributed by atoms with Crippen molar-refractivity contribution in [1.82, 2.24) is 19.3 Å². The summed E-state index contributed by atoms with van der Waals surface area (Å²) in [5, 5.41) is 5.27. The van der Waals surface area contributed by atoms with Gasteiger partial charge in [-0.1, -0.05) is 11.3 Å². The molecule has 4 rings (SSSR count). The molecular formula is C21H23N5O5S. The molecule has 0 radical (unpaired) electrons. The number of rotatable bonds is 7. The average Bonchev–Trinajstić information content (AvgIpc) is 3.31. The molecule has 2 N–H and O–H groups in total. The predicted molar refractivity (Wildman–Crippen MR) is 122 cm³/mol. The summed E-state index contributed by atoms with van der Waals surface area (Å²) in [7, 11) is 4.61. The third-order valence-electron chi connectivity index (χ3n) is 5.10. The lowest BCUT2D eigenvalue weighted by atomic mass is 10.0. The van der Waals surface area contributed by atoms with Gasteiger partial charge in [0.2, 0.25) is 11.7 Å². The van der Waals surface area contributed by atoms with Crippen LogP contribution < -0.4 is 24.8 Å². The second-order valence-electron chi connectivity index (χ2n) is 7.39. The molecule has 0 aliphatic heterocycles. The number of carbonyl (C=O) groups is 1.